The van der Waals surface area contributed by atoms with Crippen LogP contribution in [0.5, 0.6) is 0 Å². The molecule has 2 atom stereocenters. The van der Waals surface area contributed by atoms with Gasteiger partial charge in [0.25, 0.3) is 0 Å². The highest BCUT2D eigenvalue weighted by Crippen LogP contribution is 2.27. The normalized spacial score (nSPS) is 20.6. The van der Waals surface area contributed by atoms with E-state index in [1.807, 2.05) is 29.2 Å². The molecule has 1 fully saturated rings. The van der Waals surface area contributed by atoms with Crippen LogP contribution in [0.4, 0.5) is 0 Å². The first-order valence-corrected chi connectivity index (χ1v) is 7.77. The van der Waals surface area contributed by atoms with Crippen molar-refractivity contribution < 1.29 is 9.90 Å². The van der Waals surface area contributed by atoms with Crippen molar-refractivity contribution in [1.82, 2.24) is 4.90 Å². The van der Waals surface area contributed by atoms with Crippen molar-refractivity contribution in [2.75, 3.05) is 18.8 Å². The predicted octanol–water partition coefficient (Wildman–Crippen LogP) is 2.66. The van der Waals surface area contributed by atoms with Gasteiger partial charge in [-0.15, -0.1) is 11.8 Å². The maximum absolute atomic E-state index is 12.1. The van der Waals surface area contributed by atoms with E-state index >= 15 is 0 Å². The molecule has 0 spiro atoms. The molecule has 1 amide bonds. The van der Waals surface area contributed by atoms with E-state index in [0.717, 1.165) is 17.9 Å². The van der Waals surface area contributed by atoms with E-state index in [9.17, 15) is 9.90 Å². The van der Waals surface area contributed by atoms with Crippen molar-refractivity contribution in [1.29, 1.82) is 0 Å². The molecule has 0 radical (unpaired) electrons. The molecule has 2 unspecified atom stereocenters. The van der Waals surface area contributed by atoms with Gasteiger partial charge in [0, 0.05) is 23.9 Å². The number of benzene rings is 1. The highest BCUT2D eigenvalue weighted by atomic mass is 35.5. The second-order valence-corrected chi connectivity index (χ2v) is 6.27. The fourth-order valence-electron chi connectivity index (χ4n) is 2.20. The standard InChI is InChI=1S/C14H18ClNO2S/c1-10(17)11-6-7-16(8-11)14(18)9-19-13-5-3-2-4-12(13)15/h2-5,10-11,17H,6-9H2,1H3. The number of halogens is 1. The Labute approximate surface area is 122 Å². The Morgan fingerprint density at radius 2 is 2.32 bits per heavy atom. The van der Waals surface area contributed by atoms with Crippen LogP contribution in [-0.4, -0.2) is 40.9 Å². The van der Waals surface area contributed by atoms with Crippen LogP contribution in [0, 0.1) is 5.92 Å². The molecular formula is C14H18ClNO2S. The van der Waals surface area contributed by atoms with Gasteiger partial charge < -0.3 is 10.0 Å². The quantitative estimate of drug-likeness (QED) is 0.869. The molecule has 104 valence electrons. The molecule has 1 heterocycles. The molecule has 1 aromatic carbocycles. The summed E-state index contributed by atoms with van der Waals surface area (Å²) >= 11 is 7.52. The van der Waals surface area contributed by atoms with Gasteiger partial charge in [-0.3, -0.25) is 4.79 Å². The Morgan fingerprint density at radius 3 is 2.95 bits per heavy atom. The van der Waals surface area contributed by atoms with E-state index in [-0.39, 0.29) is 17.9 Å². The largest absolute Gasteiger partial charge is 0.393 e. The van der Waals surface area contributed by atoms with Crippen LogP contribution in [0.3, 0.4) is 0 Å². The maximum Gasteiger partial charge on any atom is 0.232 e. The Bertz CT molecular complexity index is 453. The molecule has 3 nitrogen and oxygen atoms in total. The van der Waals surface area contributed by atoms with Gasteiger partial charge >= 0.3 is 0 Å². The van der Waals surface area contributed by atoms with Crippen molar-refractivity contribution >= 4 is 29.3 Å². The number of carbonyl (C=O) groups is 1. The number of hydrogen-bond acceptors (Lipinski definition) is 3. The zero-order valence-electron chi connectivity index (χ0n) is 10.9. The van der Waals surface area contributed by atoms with Crippen LogP contribution in [0.2, 0.25) is 5.02 Å². The average molecular weight is 300 g/mol. The summed E-state index contributed by atoms with van der Waals surface area (Å²) in [4.78, 5) is 14.8. The van der Waals surface area contributed by atoms with Crippen molar-refractivity contribution in [2.24, 2.45) is 5.92 Å². The summed E-state index contributed by atoms with van der Waals surface area (Å²) in [6.07, 6.45) is 0.550. The number of aliphatic hydroxyl groups excluding tert-OH is 1. The van der Waals surface area contributed by atoms with Gasteiger partial charge in [0.1, 0.15) is 0 Å². The summed E-state index contributed by atoms with van der Waals surface area (Å²) < 4.78 is 0. The Hall–Kier alpha value is -0.710. The SMILES string of the molecule is CC(O)C1CCN(C(=O)CSc2ccccc2Cl)C1. The molecule has 0 bridgehead atoms. The predicted molar refractivity (Wildman–Crippen MR) is 78.5 cm³/mol. The summed E-state index contributed by atoms with van der Waals surface area (Å²) in [7, 11) is 0. The van der Waals surface area contributed by atoms with Crippen LogP contribution in [0.25, 0.3) is 0 Å². The van der Waals surface area contributed by atoms with E-state index in [0.29, 0.717) is 17.3 Å². The number of rotatable bonds is 4. The molecule has 1 aromatic rings. The first kappa shape index (κ1) is 14.7. The molecule has 19 heavy (non-hydrogen) atoms. The van der Waals surface area contributed by atoms with E-state index < -0.39 is 0 Å². The van der Waals surface area contributed by atoms with E-state index in [4.69, 9.17) is 11.6 Å². The third kappa shape index (κ3) is 3.88. The van der Waals surface area contributed by atoms with Crippen molar-refractivity contribution in [2.45, 2.75) is 24.3 Å². The van der Waals surface area contributed by atoms with Crippen LogP contribution in [-0.2, 0) is 4.79 Å². The Morgan fingerprint density at radius 1 is 1.58 bits per heavy atom. The number of carbonyl (C=O) groups excluding carboxylic acids is 1. The van der Waals surface area contributed by atoms with E-state index in [1.54, 1.807) is 6.92 Å². The van der Waals surface area contributed by atoms with Gasteiger partial charge in [-0.1, -0.05) is 23.7 Å². The number of thioether (sulfide) groups is 1. The summed E-state index contributed by atoms with van der Waals surface area (Å²) in [6.45, 7) is 3.20. The summed E-state index contributed by atoms with van der Waals surface area (Å²) in [5.74, 6) is 0.735. The first-order valence-electron chi connectivity index (χ1n) is 6.41. The van der Waals surface area contributed by atoms with Crippen LogP contribution in [0.15, 0.2) is 29.2 Å². The Kier molecular flexibility index (Phi) is 5.13. The number of amides is 1. The lowest BCUT2D eigenvalue weighted by Crippen LogP contribution is -2.31. The molecule has 5 heteroatoms. The number of hydrogen-bond donors (Lipinski definition) is 1. The molecule has 0 aliphatic carbocycles. The molecule has 2 rings (SSSR count). The third-order valence-corrected chi connectivity index (χ3v) is 4.95. The molecular weight excluding hydrogens is 282 g/mol. The van der Waals surface area contributed by atoms with Crippen LogP contribution < -0.4 is 0 Å². The van der Waals surface area contributed by atoms with Gasteiger partial charge in [-0.05, 0) is 25.5 Å². The van der Waals surface area contributed by atoms with Crippen LogP contribution in [0.1, 0.15) is 13.3 Å². The zero-order chi connectivity index (χ0) is 13.8. The number of aliphatic hydroxyl groups is 1. The van der Waals surface area contributed by atoms with Crippen molar-refractivity contribution in [3.63, 3.8) is 0 Å². The Balaban J connectivity index is 1.84. The lowest BCUT2D eigenvalue weighted by Gasteiger charge is -2.17. The topological polar surface area (TPSA) is 40.5 Å². The summed E-state index contributed by atoms with van der Waals surface area (Å²) in [6, 6.07) is 7.54. The molecule has 1 aliphatic heterocycles. The fourth-order valence-corrected chi connectivity index (χ4v) is 3.34. The van der Waals surface area contributed by atoms with Gasteiger partial charge in [-0.2, -0.15) is 0 Å². The second kappa shape index (κ2) is 6.64. The van der Waals surface area contributed by atoms with Gasteiger partial charge in [0.05, 0.1) is 16.9 Å². The minimum absolute atomic E-state index is 0.119. The highest BCUT2D eigenvalue weighted by molar-refractivity contribution is 8.00. The average Bonchev–Trinajstić information content (AvgIpc) is 2.87. The van der Waals surface area contributed by atoms with E-state index in [1.165, 1.54) is 11.8 Å². The minimum atomic E-state index is -0.339. The fraction of sp³-hybridized carbons (Fsp3) is 0.500. The smallest absolute Gasteiger partial charge is 0.232 e. The molecule has 1 N–H and O–H groups in total. The van der Waals surface area contributed by atoms with E-state index in [2.05, 4.69) is 0 Å². The van der Waals surface area contributed by atoms with Crippen molar-refractivity contribution in [3.05, 3.63) is 29.3 Å². The molecule has 1 saturated heterocycles. The molecule has 0 saturated carbocycles. The number of nitrogens with zero attached hydrogens (tertiary/aromatic N) is 1. The van der Waals surface area contributed by atoms with Gasteiger partial charge in [0.15, 0.2) is 0 Å². The summed E-state index contributed by atoms with van der Waals surface area (Å²) in [5, 5.41) is 10.2. The van der Waals surface area contributed by atoms with Crippen molar-refractivity contribution in [3.8, 4) is 0 Å². The maximum atomic E-state index is 12.1. The minimum Gasteiger partial charge on any atom is -0.393 e. The second-order valence-electron chi connectivity index (χ2n) is 4.85. The van der Waals surface area contributed by atoms with Crippen LogP contribution >= 0.6 is 23.4 Å². The zero-order valence-corrected chi connectivity index (χ0v) is 12.5. The first-order chi connectivity index (χ1) is 9.08. The number of likely N-dealkylation sites (tertiary alicyclic amines) is 1. The lowest BCUT2D eigenvalue weighted by molar-refractivity contribution is -0.127. The molecule has 0 aromatic heterocycles. The molecule has 1 aliphatic rings. The summed E-state index contributed by atoms with van der Waals surface area (Å²) in [5.41, 5.74) is 0. The van der Waals surface area contributed by atoms with Gasteiger partial charge in [0.2, 0.25) is 5.91 Å². The highest BCUT2D eigenvalue weighted by Gasteiger charge is 2.28. The monoisotopic (exact) mass is 299 g/mol. The third-order valence-electron chi connectivity index (χ3n) is 3.45. The van der Waals surface area contributed by atoms with Gasteiger partial charge in [-0.25, -0.2) is 0 Å². The lowest BCUT2D eigenvalue weighted by atomic mass is 10.0.